The lowest BCUT2D eigenvalue weighted by Crippen LogP contribution is -2.40. The number of hydrogen-bond donors (Lipinski definition) is 1. The maximum Gasteiger partial charge on any atom is 0.311 e. The Kier molecular flexibility index (Phi) is 3.62. The molecule has 0 bridgehead atoms. The fraction of sp³-hybridized carbons (Fsp3) is 0.615. The standard InChI is InChI=1S/C13H18N2O3S/c1-8(2)13(12(17)18)4-5-15(7-13)11(16)10-6-14-9(3)19-10/h6,8H,4-5,7H2,1-3H3,(H,17,18). The summed E-state index contributed by atoms with van der Waals surface area (Å²) < 4.78 is 0. The van der Waals surface area contributed by atoms with Crippen molar-refractivity contribution in [2.75, 3.05) is 13.1 Å². The van der Waals surface area contributed by atoms with Crippen LogP contribution < -0.4 is 0 Å². The van der Waals surface area contributed by atoms with Crippen molar-refractivity contribution in [3.63, 3.8) is 0 Å². The number of carboxylic acid groups (broad SMARTS) is 1. The minimum Gasteiger partial charge on any atom is -0.481 e. The minimum atomic E-state index is -0.810. The molecule has 2 heterocycles. The van der Waals surface area contributed by atoms with Gasteiger partial charge in [-0.3, -0.25) is 9.59 Å². The van der Waals surface area contributed by atoms with Crippen LogP contribution in [0, 0.1) is 18.3 Å². The predicted octanol–water partition coefficient (Wildman–Crippen LogP) is 2.02. The summed E-state index contributed by atoms with van der Waals surface area (Å²) in [6.45, 7) is 6.44. The number of aliphatic carboxylic acids is 1. The summed E-state index contributed by atoms with van der Waals surface area (Å²) in [7, 11) is 0. The lowest BCUT2D eigenvalue weighted by Gasteiger charge is -2.28. The van der Waals surface area contributed by atoms with E-state index in [1.54, 1.807) is 11.1 Å². The van der Waals surface area contributed by atoms with Crippen molar-refractivity contribution >= 4 is 23.2 Å². The fourth-order valence-corrected chi connectivity index (χ4v) is 3.26. The molecule has 0 aromatic carbocycles. The molecule has 2 rings (SSSR count). The molecular weight excluding hydrogens is 264 g/mol. The molecule has 0 aliphatic carbocycles. The van der Waals surface area contributed by atoms with Gasteiger partial charge in [0.05, 0.1) is 16.6 Å². The van der Waals surface area contributed by atoms with E-state index in [9.17, 15) is 14.7 Å². The molecule has 1 unspecified atom stereocenters. The fourth-order valence-electron chi connectivity index (χ4n) is 2.52. The van der Waals surface area contributed by atoms with Crippen LogP contribution in [-0.2, 0) is 4.79 Å². The summed E-state index contributed by atoms with van der Waals surface area (Å²) in [5.74, 6) is -0.904. The van der Waals surface area contributed by atoms with Gasteiger partial charge in [0.2, 0.25) is 0 Å². The summed E-state index contributed by atoms with van der Waals surface area (Å²) in [5.41, 5.74) is -0.810. The molecule has 19 heavy (non-hydrogen) atoms. The minimum absolute atomic E-state index is 0.00555. The van der Waals surface area contributed by atoms with E-state index in [-0.39, 0.29) is 18.4 Å². The van der Waals surface area contributed by atoms with Gasteiger partial charge in [0.1, 0.15) is 4.88 Å². The molecule has 0 saturated carbocycles. The zero-order valence-corrected chi connectivity index (χ0v) is 12.2. The molecule has 1 N–H and O–H groups in total. The summed E-state index contributed by atoms with van der Waals surface area (Å²) in [4.78, 5) is 30.1. The summed E-state index contributed by atoms with van der Waals surface area (Å²) in [6, 6.07) is 0. The molecular formula is C13H18N2O3S. The SMILES string of the molecule is Cc1ncc(C(=O)N2CCC(C(=O)O)(C(C)C)C2)s1. The van der Waals surface area contributed by atoms with Gasteiger partial charge in [-0.1, -0.05) is 13.8 Å². The van der Waals surface area contributed by atoms with Gasteiger partial charge >= 0.3 is 5.97 Å². The van der Waals surface area contributed by atoms with E-state index >= 15 is 0 Å². The van der Waals surface area contributed by atoms with Crippen molar-refractivity contribution in [1.82, 2.24) is 9.88 Å². The first-order valence-electron chi connectivity index (χ1n) is 6.32. The van der Waals surface area contributed by atoms with Crippen LogP contribution in [0.25, 0.3) is 0 Å². The van der Waals surface area contributed by atoms with Gasteiger partial charge in [-0.05, 0) is 19.3 Å². The van der Waals surface area contributed by atoms with Crippen molar-refractivity contribution in [3.8, 4) is 0 Å². The summed E-state index contributed by atoms with van der Waals surface area (Å²) in [6.07, 6.45) is 2.09. The molecule has 1 aromatic rings. The summed E-state index contributed by atoms with van der Waals surface area (Å²) >= 11 is 1.35. The molecule has 104 valence electrons. The number of carboxylic acids is 1. The third kappa shape index (κ3) is 2.36. The molecule has 1 atom stereocenters. The van der Waals surface area contributed by atoms with Crippen molar-refractivity contribution in [2.24, 2.45) is 11.3 Å². The van der Waals surface area contributed by atoms with Crippen LogP contribution in [0.15, 0.2) is 6.20 Å². The number of amides is 1. The van der Waals surface area contributed by atoms with Crippen LogP contribution in [0.2, 0.25) is 0 Å². The average Bonchev–Trinajstić information content (AvgIpc) is 2.94. The number of hydrogen-bond acceptors (Lipinski definition) is 4. The second-order valence-corrected chi connectivity index (χ2v) is 6.57. The molecule has 1 amide bonds. The van der Waals surface area contributed by atoms with Gasteiger partial charge in [0, 0.05) is 13.1 Å². The number of likely N-dealkylation sites (tertiary alicyclic amines) is 1. The number of carbonyl (C=O) groups is 2. The number of nitrogens with zero attached hydrogens (tertiary/aromatic N) is 2. The Morgan fingerprint density at radius 3 is 2.63 bits per heavy atom. The number of aromatic nitrogens is 1. The Morgan fingerprint density at radius 2 is 2.21 bits per heavy atom. The van der Waals surface area contributed by atoms with Crippen LogP contribution in [0.5, 0.6) is 0 Å². The molecule has 0 spiro atoms. The first-order valence-corrected chi connectivity index (χ1v) is 7.13. The topological polar surface area (TPSA) is 70.5 Å². The van der Waals surface area contributed by atoms with Crippen LogP contribution >= 0.6 is 11.3 Å². The molecule has 1 aromatic heterocycles. The number of aryl methyl sites for hydroxylation is 1. The van der Waals surface area contributed by atoms with Crippen LogP contribution in [0.3, 0.4) is 0 Å². The molecule has 1 aliphatic rings. The van der Waals surface area contributed by atoms with Crippen molar-refractivity contribution in [1.29, 1.82) is 0 Å². The Balaban J connectivity index is 2.18. The first-order chi connectivity index (χ1) is 8.86. The molecule has 1 aliphatic heterocycles. The largest absolute Gasteiger partial charge is 0.481 e. The van der Waals surface area contributed by atoms with E-state index < -0.39 is 11.4 Å². The Morgan fingerprint density at radius 1 is 1.53 bits per heavy atom. The Bertz CT molecular complexity index is 512. The van der Waals surface area contributed by atoms with Crippen molar-refractivity contribution in [3.05, 3.63) is 16.1 Å². The molecule has 1 fully saturated rings. The van der Waals surface area contributed by atoms with Crippen LogP contribution in [-0.4, -0.2) is 40.0 Å². The maximum absolute atomic E-state index is 12.3. The lowest BCUT2D eigenvalue weighted by molar-refractivity contribution is -0.150. The van der Waals surface area contributed by atoms with Crippen molar-refractivity contribution < 1.29 is 14.7 Å². The second kappa shape index (κ2) is 4.92. The van der Waals surface area contributed by atoms with Crippen LogP contribution in [0.4, 0.5) is 0 Å². The van der Waals surface area contributed by atoms with E-state index in [0.29, 0.717) is 17.8 Å². The number of carbonyl (C=O) groups excluding carboxylic acids is 1. The zero-order valence-electron chi connectivity index (χ0n) is 11.3. The second-order valence-electron chi connectivity index (χ2n) is 5.34. The van der Waals surface area contributed by atoms with Gasteiger partial charge in [0.15, 0.2) is 0 Å². The predicted molar refractivity (Wildman–Crippen MR) is 72.3 cm³/mol. The quantitative estimate of drug-likeness (QED) is 0.920. The zero-order chi connectivity index (χ0) is 14.2. The Labute approximate surface area is 116 Å². The lowest BCUT2D eigenvalue weighted by atomic mass is 9.76. The maximum atomic E-state index is 12.3. The monoisotopic (exact) mass is 282 g/mol. The molecule has 0 radical (unpaired) electrons. The van der Waals surface area contributed by atoms with E-state index in [4.69, 9.17) is 0 Å². The number of thiazole rings is 1. The van der Waals surface area contributed by atoms with Crippen molar-refractivity contribution in [2.45, 2.75) is 27.2 Å². The smallest absolute Gasteiger partial charge is 0.311 e. The average molecular weight is 282 g/mol. The van der Waals surface area contributed by atoms with Crippen LogP contribution in [0.1, 0.15) is 34.9 Å². The number of rotatable bonds is 3. The van der Waals surface area contributed by atoms with E-state index in [1.807, 2.05) is 20.8 Å². The highest BCUT2D eigenvalue weighted by Crippen LogP contribution is 2.38. The normalized spacial score (nSPS) is 23.1. The highest BCUT2D eigenvalue weighted by molar-refractivity contribution is 7.13. The third-order valence-corrected chi connectivity index (χ3v) is 4.85. The molecule has 6 heteroatoms. The van der Waals surface area contributed by atoms with E-state index in [1.165, 1.54) is 11.3 Å². The van der Waals surface area contributed by atoms with Gasteiger partial charge in [-0.2, -0.15) is 0 Å². The van der Waals surface area contributed by atoms with E-state index in [2.05, 4.69) is 4.98 Å². The third-order valence-electron chi connectivity index (χ3n) is 3.95. The van der Waals surface area contributed by atoms with Gasteiger partial charge in [-0.25, -0.2) is 4.98 Å². The highest BCUT2D eigenvalue weighted by atomic mass is 32.1. The highest BCUT2D eigenvalue weighted by Gasteiger charge is 2.48. The summed E-state index contributed by atoms with van der Waals surface area (Å²) in [5, 5.41) is 10.3. The Hall–Kier alpha value is -1.43. The van der Waals surface area contributed by atoms with Gasteiger partial charge < -0.3 is 10.0 Å². The molecule has 1 saturated heterocycles. The van der Waals surface area contributed by atoms with Gasteiger partial charge in [-0.15, -0.1) is 11.3 Å². The molecule has 5 nitrogen and oxygen atoms in total. The van der Waals surface area contributed by atoms with E-state index in [0.717, 1.165) is 5.01 Å². The van der Waals surface area contributed by atoms with Gasteiger partial charge in [0.25, 0.3) is 5.91 Å². The first kappa shape index (κ1) is 14.0.